The molecule has 0 amide bonds. The van der Waals surface area contributed by atoms with Crippen LogP contribution in [0.15, 0.2) is 30.3 Å². The lowest BCUT2D eigenvalue weighted by molar-refractivity contribution is 0.110. The maximum absolute atomic E-state index is 9.54. The van der Waals surface area contributed by atoms with Crippen molar-refractivity contribution in [1.29, 1.82) is 5.26 Å². The molecule has 1 aliphatic carbocycles. The molecule has 1 fully saturated rings. The van der Waals surface area contributed by atoms with Crippen LogP contribution in [0.3, 0.4) is 0 Å². The fourth-order valence-corrected chi connectivity index (χ4v) is 3.58. The highest BCUT2D eigenvalue weighted by Crippen LogP contribution is 2.29. The highest BCUT2D eigenvalue weighted by atomic mass is 15.2. The molecule has 3 nitrogen and oxygen atoms in total. The molecule has 0 bridgehead atoms. The van der Waals surface area contributed by atoms with Gasteiger partial charge in [0.15, 0.2) is 0 Å². The first-order chi connectivity index (χ1) is 10.3. The molecule has 0 radical (unpaired) electrons. The highest BCUT2D eigenvalue weighted by molar-refractivity contribution is 5.25. The van der Waals surface area contributed by atoms with Gasteiger partial charge < -0.3 is 5.73 Å². The van der Waals surface area contributed by atoms with E-state index in [0.717, 1.165) is 25.2 Å². The van der Waals surface area contributed by atoms with Gasteiger partial charge in [-0.1, -0.05) is 50.1 Å². The Morgan fingerprint density at radius 1 is 1.29 bits per heavy atom. The second kappa shape index (κ2) is 8.17. The van der Waals surface area contributed by atoms with E-state index in [9.17, 15) is 5.26 Å². The monoisotopic (exact) mass is 285 g/mol. The SMILES string of the molecule is CCN(CC(C#N)c1ccccc1)C1CCCCC1CN. The smallest absolute Gasteiger partial charge is 0.0839 e. The van der Waals surface area contributed by atoms with Gasteiger partial charge in [0, 0.05) is 12.6 Å². The molecule has 0 aromatic heterocycles. The fourth-order valence-electron chi connectivity index (χ4n) is 3.58. The first-order valence-electron chi connectivity index (χ1n) is 8.18. The Kier molecular flexibility index (Phi) is 6.22. The number of nitriles is 1. The summed E-state index contributed by atoms with van der Waals surface area (Å²) < 4.78 is 0. The Balaban J connectivity index is 2.08. The molecule has 3 heteroatoms. The predicted octanol–water partition coefficient (Wildman–Crippen LogP) is 3.13. The van der Waals surface area contributed by atoms with E-state index in [-0.39, 0.29) is 5.92 Å². The standard InChI is InChI=1S/C18H27N3/c1-2-21(18-11-7-6-10-16(18)12-19)14-17(13-20)15-8-4-3-5-9-15/h3-5,8-9,16-18H,2,6-7,10-12,14,19H2,1H3. The largest absolute Gasteiger partial charge is 0.330 e. The maximum atomic E-state index is 9.54. The second-order valence-electron chi connectivity index (χ2n) is 6.03. The summed E-state index contributed by atoms with van der Waals surface area (Å²) in [5, 5.41) is 9.54. The van der Waals surface area contributed by atoms with Crippen LogP contribution < -0.4 is 5.73 Å². The van der Waals surface area contributed by atoms with Gasteiger partial charge in [0.25, 0.3) is 0 Å². The minimum Gasteiger partial charge on any atom is -0.330 e. The minimum absolute atomic E-state index is 0.0495. The molecule has 1 saturated carbocycles. The molecule has 0 heterocycles. The van der Waals surface area contributed by atoms with Crippen LogP contribution in [0.4, 0.5) is 0 Å². The summed E-state index contributed by atoms with van der Waals surface area (Å²) in [5.41, 5.74) is 7.09. The fraction of sp³-hybridized carbons (Fsp3) is 0.611. The zero-order valence-corrected chi connectivity index (χ0v) is 13.0. The van der Waals surface area contributed by atoms with Gasteiger partial charge in [0.2, 0.25) is 0 Å². The molecular weight excluding hydrogens is 258 g/mol. The van der Waals surface area contributed by atoms with E-state index in [4.69, 9.17) is 5.73 Å². The van der Waals surface area contributed by atoms with Crippen molar-refractivity contribution < 1.29 is 0 Å². The van der Waals surface area contributed by atoms with Gasteiger partial charge in [-0.2, -0.15) is 5.26 Å². The van der Waals surface area contributed by atoms with Gasteiger partial charge in [0.1, 0.15) is 0 Å². The van der Waals surface area contributed by atoms with Crippen molar-refractivity contribution in [2.75, 3.05) is 19.6 Å². The molecule has 0 saturated heterocycles. The molecular formula is C18H27N3. The average Bonchev–Trinajstić information content (AvgIpc) is 2.57. The van der Waals surface area contributed by atoms with Crippen LogP contribution in [0, 0.1) is 17.2 Å². The van der Waals surface area contributed by atoms with E-state index in [0.29, 0.717) is 12.0 Å². The summed E-state index contributed by atoms with van der Waals surface area (Å²) in [6, 6.07) is 13.2. The lowest BCUT2D eigenvalue weighted by Gasteiger charge is -2.40. The van der Waals surface area contributed by atoms with Gasteiger partial charge in [-0.15, -0.1) is 0 Å². The van der Waals surface area contributed by atoms with Crippen LogP contribution in [0.25, 0.3) is 0 Å². The van der Waals surface area contributed by atoms with Crippen molar-refractivity contribution in [2.24, 2.45) is 11.7 Å². The number of likely N-dealkylation sites (N-methyl/N-ethyl adjacent to an activating group) is 1. The van der Waals surface area contributed by atoms with Crippen molar-refractivity contribution in [3.05, 3.63) is 35.9 Å². The number of rotatable bonds is 6. The zero-order valence-electron chi connectivity index (χ0n) is 13.0. The lowest BCUT2D eigenvalue weighted by Crippen LogP contribution is -2.46. The summed E-state index contributed by atoms with van der Waals surface area (Å²) in [6.45, 7) is 4.77. The van der Waals surface area contributed by atoms with Crippen LogP contribution in [0.2, 0.25) is 0 Å². The van der Waals surface area contributed by atoms with E-state index >= 15 is 0 Å². The molecule has 2 N–H and O–H groups in total. The Bertz CT molecular complexity index is 451. The molecule has 21 heavy (non-hydrogen) atoms. The molecule has 0 aliphatic heterocycles. The molecule has 3 atom stereocenters. The summed E-state index contributed by atoms with van der Waals surface area (Å²) in [4.78, 5) is 2.48. The first-order valence-corrected chi connectivity index (χ1v) is 8.18. The van der Waals surface area contributed by atoms with Crippen molar-refractivity contribution in [1.82, 2.24) is 4.90 Å². The predicted molar refractivity (Wildman–Crippen MR) is 86.8 cm³/mol. The quantitative estimate of drug-likeness (QED) is 0.873. The van der Waals surface area contributed by atoms with E-state index in [1.807, 2.05) is 18.2 Å². The number of hydrogen-bond donors (Lipinski definition) is 1. The molecule has 3 unspecified atom stereocenters. The van der Waals surface area contributed by atoms with E-state index in [1.165, 1.54) is 25.7 Å². The van der Waals surface area contributed by atoms with Gasteiger partial charge in [-0.3, -0.25) is 4.90 Å². The number of nitrogens with two attached hydrogens (primary N) is 1. The van der Waals surface area contributed by atoms with Gasteiger partial charge in [-0.25, -0.2) is 0 Å². The summed E-state index contributed by atoms with van der Waals surface area (Å²) in [5.74, 6) is 0.542. The summed E-state index contributed by atoms with van der Waals surface area (Å²) >= 11 is 0. The topological polar surface area (TPSA) is 53.0 Å². The van der Waals surface area contributed by atoms with E-state index < -0.39 is 0 Å². The van der Waals surface area contributed by atoms with Gasteiger partial charge >= 0.3 is 0 Å². The van der Waals surface area contributed by atoms with E-state index in [1.54, 1.807) is 0 Å². The number of hydrogen-bond acceptors (Lipinski definition) is 3. The molecule has 0 spiro atoms. The first kappa shape index (κ1) is 16.0. The molecule has 1 aromatic rings. The molecule has 1 aromatic carbocycles. The van der Waals surface area contributed by atoms with Crippen molar-refractivity contribution in [3.63, 3.8) is 0 Å². The van der Waals surface area contributed by atoms with Crippen molar-refractivity contribution >= 4 is 0 Å². The Morgan fingerprint density at radius 3 is 2.62 bits per heavy atom. The lowest BCUT2D eigenvalue weighted by atomic mass is 9.83. The third-order valence-corrected chi connectivity index (χ3v) is 4.82. The molecule has 2 rings (SSSR count). The van der Waals surface area contributed by atoms with Crippen LogP contribution >= 0.6 is 0 Å². The Hall–Kier alpha value is -1.37. The van der Waals surface area contributed by atoms with Gasteiger partial charge in [0.05, 0.1) is 12.0 Å². The van der Waals surface area contributed by atoms with Crippen LogP contribution in [-0.4, -0.2) is 30.6 Å². The summed E-state index contributed by atoms with van der Waals surface area (Å²) in [7, 11) is 0. The number of benzene rings is 1. The van der Waals surface area contributed by atoms with Gasteiger partial charge in [-0.05, 0) is 37.4 Å². The van der Waals surface area contributed by atoms with Crippen LogP contribution in [0.1, 0.15) is 44.1 Å². The van der Waals surface area contributed by atoms with Crippen molar-refractivity contribution in [3.8, 4) is 6.07 Å². The highest BCUT2D eigenvalue weighted by Gasteiger charge is 2.30. The third-order valence-electron chi connectivity index (χ3n) is 4.82. The minimum atomic E-state index is -0.0495. The molecule has 1 aliphatic rings. The Morgan fingerprint density at radius 2 is 2.00 bits per heavy atom. The van der Waals surface area contributed by atoms with Crippen molar-refractivity contribution in [2.45, 2.75) is 44.6 Å². The van der Waals surface area contributed by atoms with Crippen LogP contribution in [-0.2, 0) is 0 Å². The average molecular weight is 285 g/mol. The Labute approximate surface area is 128 Å². The maximum Gasteiger partial charge on any atom is 0.0839 e. The second-order valence-corrected chi connectivity index (χ2v) is 6.03. The van der Waals surface area contributed by atoms with Crippen LogP contribution in [0.5, 0.6) is 0 Å². The third kappa shape index (κ3) is 4.06. The number of nitrogens with zero attached hydrogens (tertiary/aromatic N) is 2. The zero-order chi connectivity index (χ0) is 15.1. The normalized spacial score (nSPS) is 23.7. The molecule has 114 valence electrons. The summed E-state index contributed by atoms with van der Waals surface area (Å²) in [6.07, 6.45) is 5.05. The van der Waals surface area contributed by atoms with E-state index in [2.05, 4.69) is 30.0 Å².